The number of nitrogens with zero attached hydrogens (tertiary/aromatic N) is 1. The molecule has 0 saturated heterocycles. The van der Waals surface area contributed by atoms with E-state index in [0.717, 1.165) is 11.3 Å². The molecule has 4 heteroatoms. The molecule has 3 N–H and O–H groups in total. The highest BCUT2D eigenvalue weighted by Crippen LogP contribution is 2.25. The van der Waals surface area contributed by atoms with Gasteiger partial charge in [0, 0.05) is 16.8 Å². The Kier molecular flexibility index (Phi) is 3.11. The van der Waals surface area contributed by atoms with Crippen LogP contribution in [0.25, 0.3) is 0 Å². The molecule has 0 fully saturated rings. The molecule has 2 rings (SSSR count). The van der Waals surface area contributed by atoms with Gasteiger partial charge < -0.3 is 0 Å². The Balaban J connectivity index is 2.35. The fraction of sp³-hybridized carbons (Fsp3) is 0.182. The predicted molar refractivity (Wildman–Crippen MR) is 62.5 cm³/mol. The van der Waals surface area contributed by atoms with Crippen LogP contribution in [0.1, 0.15) is 22.2 Å². The van der Waals surface area contributed by atoms with E-state index in [1.807, 2.05) is 36.7 Å². The van der Waals surface area contributed by atoms with Crippen LogP contribution in [0.4, 0.5) is 0 Å². The molecule has 0 saturated carbocycles. The lowest BCUT2D eigenvalue weighted by atomic mass is 10.1. The third kappa shape index (κ3) is 2.23. The quantitative estimate of drug-likeness (QED) is 0.613. The highest BCUT2D eigenvalue weighted by Gasteiger charge is 2.12. The van der Waals surface area contributed by atoms with Crippen LogP contribution >= 0.6 is 11.3 Å². The van der Waals surface area contributed by atoms with Crippen molar-refractivity contribution in [2.45, 2.75) is 13.0 Å². The second-order valence-electron chi connectivity index (χ2n) is 3.35. The number of nitrogens with two attached hydrogens (primary N) is 1. The topological polar surface area (TPSA) is 50.9 Å². The van der Waals surface area contributed by atoms with Gasteiger partial charge in [-0.25, -0.2) is 5.43 Å². The molecule has 0 aromatic carbocycles. The lowest BCUT2D eigenvalue weighted by molar-refractivity contribution is 0.645. The average molecular weight is 219 g/mol. The molecule has 1 unspecified atom stereocenters. The van der Waals surface area contributed by atoms with Crippen LogP contribution < -0.4 is 11.3 Å². The van der Waals surface area contributed by atoms with E-state index < -0.39 is 0 Å². The standard InChI is InChI=1S/C11H13N3S/c1-8-7-9(4-5-13-8)11(14-12)10-3-2-6-15-10/h2-7,11,14H,12H2,1H3. The first kappa shape index (κ1) is 10.3. The minimum absolute atomic E-state index is 0.0618. The van der Waals surface area contributed by atoms with Gasteiger partial charge in [0.2, 0.25) is 0 Å². The van der Waals surface area contributed by atoms with E-state index in [4.69, 9.17) is 5.84 Å². The Morgan fingerprint density at radius 2 is 2.33 bits per heavy atom. The summed E-state index contributed by atoms with van der Waals surface area (Å²) in [6.45, 7) is 1.98. The molecule has 0 amide bonds. The summed E-state index contributed by atoms with van der Waals surface area (Å²) < 4.78 is 0. The SMILES string of the molecule is Cc1cc(C(NN)c2cccs2)ccn1. The zero-order chi connectivity index (χ0) is 10.7. The molecule has 1 atom stereocenters. The van der Waals surface area contributed by atoms with E-state index in [-0.39, 0.29) is 6.04 Å². The molecule has 0 aliphatic rings. The van der Waals surface area contributed by atoms with E-state index in [1.165, 1.54) is 4.88 Å². The van der Waals surface area contributed by atoms with Gasteiger partial charge in [0.25, 0.3) is 0 Å². The van der Waals surface area contributed by atoms with Gasteiger partial charge in [-0.2, -0.15) is 0 Å². The molecule has 0 aliphatic carbocycles. The number of pyridine rings is 1. The van der Waals surface area contributed by atoms with Gasteiger partial charge in [-0.05, 0) is 36.1 Å². The fourth-order valence-electron chi connectivity index (χ4n) is 1.55. The van der Waals surface area contributed by atoms with Gasteiger partial charge in [0.15, 0.2) is 0 Å². The fourth-order valence-corrected chi connectivity index (χ4v) is 2.36. The monoisotopic (exact) mass is 219 g/mol. The minimum atomic E-state index is 0.0618. The van der Waals surface area contributed by atoms with Gasteiger partial charge >= 0.3 is 0 Å². The first-order valence-corrected chi connectivity index (χ1v) is 5.61. The normalized spacial score (nSPS) is 12.7. The van der Waals surface area contributed by atoms with Gasteiger partial charge in [0.1, 0.15) is 0 Å². The van der Waals surface area contributed by atoms with Crippen molar-refractivity contribution in [3.63, 3.8) is 0 Å². The number of hydrogen-bond acceptors (Lipinski definition) is 4. The second kappa shape index (κ2) is 4.53. The van der Waals surface area contributed by atoms with Gasteiger partial charge in [-0.3, -0.25) is 10.8 Å². The Morgan fingerprint density at radius 1 is 1.47 bits per heavy atom. The number of hydrogen-bond donors (Lipinski definition) is 2. The van der Waals surface area contributed by atoms with E-state index >= 15 is 0 Å². The van der Waals surface area contributed by atoms with Crippen molar-refractivity contribution < 1.29 is 0 Å². The van der Waals surface area contributed by atoms with E-state index in [0.29, 0.717) is 0 Å². The highest BCUT2D eigenvalue weighted by molar-refractivity contribution is 7.10. The molecule has 15 heavy (non-hydrogen) atoms. The molecule has 2 aromatic rings. The summed E-state index contributed by atoms with van der Waals surface area (Å²) in [6.07, 6.45) is 1.81. The molecule has 3 nitrogen and oxygen atoms in total. The number of rotatable bonds is 3. The van der Waals surface area contributed by atoms with Crippen LogP contribution in [0.5, 0.6) is 0 Å². The third-order valence-corrected chi connectivity index (χ3v) is 3.19. The number of thiophene rings is 1. The summed E-state index contributed by atoms with van der Waals surface area (Å²) in [7, 11) is 0. The lowest BCUT2D eigenvalue weighted by Gasteiger charge is -2.14. The van der Waals surface area contributed by atoms with Crippen LogP contribution in [-0.2, 0) is 0 Å². The van der Waals surface area contributed by atoms with Crippen molar-refractivity contribution in [1.82, 2.24) is 10.4 Å². The molecule has 2 aromatic heterocycles. The smallest absolute Gasteiger partial charge is 0.0803 e. The summed E-state index contributed by atoms with van der Waals surface area (Å²) in [5.74, 6) is 5.58. The van der Waals surface area contributed by atoms with Crippen molar-refractivity contribution in [3.8, 4) is 0 Å². The molecular formula is C11H13N3S. The maximum Gasteiger partial charge on any atom is 0.0803 e. The Bertz CT molecular complexity index is 425. The summed E-state index contributed by atoms with van der Waals surface area (Å²) >= 11 is 1.69. The van der Waals surface area contributed by atoms with Crippen LogP contribution in [0.3, 0.4) is 0 Å². The third-order valence-electron chi connectivity index (χ3n) is 2.25. The highest BCUT2D eigenvalue weighted by atomic mass is 32.1. The van der Waals surface area contributed by atoms with E-state index in [1.54, 1.807) is 11.3 Å². The Labute approximate surface area is 92.9 Å². The Hall–Kier alpha value is -1.23. The van der Waals surface area contributed by atoms with Crippen LogP contribution in [0.2, 0.25) is 0 Å². The van der Waals surface area contributed by atoms with Crippen LogP contribution in [0.15, 0.2) is 35.8 Å². The predicted octanol–water partition coefficient (Wildman–Crippen LogP) is 2.00. The van der Waals surface area contributed by atoms with Gasteiger partial charge in [-0.15, -0.1) is 11.3 Å². The van der Waals surface area contributed by atoms with Gasteiger partial charge in [-0.1, -0.05) is 6.07 Å². The molecule has 2 heterocycles. The summed E-state index contributed by atoms with van der Waals surface area (Å²) in [4.78, 5) is 5.38. The van der Waals surface area contributed by atoms with Crippen molar-refractivity contribution in [2.75, 3.05) is 0 Å². The molecule has 0 bridgehead atoms. The molecule has 78 valence electrons. The van der Waals surface area contributed by atoms with Crippen molar-refractivity contribution in [3.05, 3.63) is 52.0 Å². The van der Waals surface area contributed by atoms with Gasteiger partial charge in [0.05, 0.1) is 6.04 Å². The van der Waals surface area contributed by atoms with Crippen molar-refractivity contribution in [2.24, 2.45) is 5.84 Å². The lowest BCUT2D eigenvalue weighted by Crippen LogP contribution is -2.28. The number of hydrazine groups is 1. The number of nitrogens with one attached hydrogen (secondary N) is 1. The van der Waals surface area contributed by atoms with Crippen LogP contribution in [-0.4, -0.2) is 4.98 Å². The molecule has 0 radical (unpaired) electrons. The first-order valence-electron chi connectivity index (χ1n) is 4.73. The van der Waals surface area contributed by atoms with E-state index in [9.17, 15) is 0 Å². The molecular weight excluding hydrogens is 206 g/mol. The summed E-state index contributed by atoms with van der Waals surface area (Å²) in [6, 6.07) is 8.19. The largest absolute Gasteiger partial charge is 0.271 e. The molecule has 0 spiro atoms. The average Bonchev–Trinajstić information content (AvgIpc) is 2.72. The van der Waals surface area contributed by atoms with Crippen molar-refractivity contribution >= 4 is 11.3 Å². The minimum Gasteiger partial charge on any atom is -0.271 e. The summed E-state index contributed by atoms with van der Waals surface area (Å²) in [5.41, 5.74) is 4.98. The first-order chi connectivity index (χ1) is 7.31. The Morgan fingerprint density at radius 3 is 2.93 bits per heavy atom. The molecule has 0 aliphatic heterocycles. The zero-order valence-electron chi connectivity index (χ0n) is 8.47. The zero-order valence-corrected chi connectivity index (χ0v) is 9.29. The maximum atomic E-state index is 5.58. The maximum absolute atomic E-state index is 5.58. The number of aryl methyl sites for hydroxylation is 1. The van der Waals surface area contributed by atoms with Crippen LogP contribution in [0, 0.1) is 6.92 Å². The number of aromatic nitrogens is 1. The van der Waals surface area contributed by atoms with Crippen molar-refractivity contribution in [1.29, 1.82) is 0 Å². The summed E-state index contributed by atoms with van der Waals surface area (Å²) in [5, 5.41) is 2.05. The second-order valence-corrected chi connectivity index (χ2v) is 4.32. The van der Waals surface area contributed by atoms with E-state index in [2.05, 4.69) is 16.5 Å².